The van der Waals surface area contributed by atoms with Crippen LogP contribution in [0.25, 0.3) is 0 Å². The number of anilines is 1. The van der Waals surface area contributed by atoms with Gasteiger partial charge < -0.3 is 20.1 Å². The Kier molecular flexibility index (Phi) is 6.63. The Morgan fingerprint density at radius 2 is 1.70 bits per heavy atom. The van der Waals surface area contributed by atoms with Gasteiger partial charge in [-0.05, 0) is 42.7 Å². The molecule has 0 unspecified atom stereocenters. The topological polar surface area (TPSA) is 120 Å². The molecule has 1 heterocycles. The summed E-state index contributed by atoms with van der Waals surface area (Å²) in [6.45, 7) is 1.42. The zero-order valence-electron chi connectivity index (χ0n) is 16.6. The Morgan fingerprint density at radius 1 is 1.07 bits per heavy atom. The number of carbonyl (C=O) groups excluding carboxylic acids is 2. The van der Waals surface area contributed by atoms with E-state index >= 15 is 0 Å². The molecule has 1 saturated heterocycles. The molecule has 0 bridgehead atoms. The molecule has 9 nitrogen and oxygen atoms in total. The largest absolute Gasteiger partial charge is 0.497 e. The number of amides is 2. The van der Waals surface area contributed by atoms with Gasteiger partial charge in [-0.2, -0.15) is 0 Å². The Balaban J connectivity index is 1.64. The molecular formula is C21H23N3O6. The van der Waals surface area contributed by atoms with Gasteiger partial charge in [0.1, 0.15) is 5.75 Å². The molecule has 2 N–H and O–H groups in total. The van der Waals surface area contributed by atoms with Gasteiger partial charge >= 0.3 is 11.8 Å². The van der Waals surface area contributed by atoms with Crippen molar-refractivity contribution in [2.24, 2.45) is 0 Å². The zero-order chi connectivity index (χ0) is 21.6. The van der Waals surface area contributed by atoms with Gasteiger partial charge in [-0.3, -0.25) is 19.7 Å². The van der Waals surface area contributed by atoms with Gasteiger partial charge in [-0.25, -0.2) is 0 Å². The average Bonchev–Trinajstić information content (AvgIpc) is 2.78. The van der Waals surface area contributed by atoms with Crippen LogP contribution in [-0.4, -0.2) is 43.6 Å². The predicted molar refractivity (Wildman–Crippen MR) is 109 cm³/mol. The first-order valence-corrected chi connectivity index (χ1v) is 9.49. The van der Waals surface area contributed by atoms with Crippen molar-refractivity contribution >= 4 is 23.2 Å². The van der Waals surface area contributed by atoms with E-state index in [1.54, 1.807) is 7.11 Å². The minimum Gasteiger partial charge on any atom is -0.497 e. The molecule has 2 aromatic carbocycles. The molecule has 0 saturated carbocycles. The molecule has 0 atom stereocenters. The molecule has 0 spiro atoms. The number of nitrogens with one attached hydrogen (secondary N) is 2. The van der Waals surface area contributed by atoms with Gasteiger partial charge in [0.05, 0.1) is 12.0 Å². The van der Waals surface area contributed by atoms with E-state index in [-0.39, 0.29) is 17.6 Å². The number of benzene rings is 2. The number of nitro groups is 1. The monoisotopic (exact) mass is 413 g/mol. The maximum Gasteiger partial charge on any atom is 0.313 e. The molecule has 1 aliphatic heterocycles. The lowest BCUT2D eigenvalue weighted by Crippen LogP contribution is -2.47. The molecule has 0 aliphatic carbocycles. The molecule has 30 heavy (non-hydrogen) atoms. The fourth-order valence-electron chi connectivity index (χ4n) is 3.46. The summed E-state index contributed by atoms with van der Waals surface area (Å²) >= 11 is 0. The fraction of sp³-hybridized carbons (Fsp3) is 0.333. The lowest BCUT2D eigenvalue weighted by molar-refractivity contribution is -0.384. The van der Waals surface area contributed by atoms with Crippen molar-refractivity contribution in [1.82, 2.24) is 5.32 Å². The third kappa shape index (κ3) is 4.93. The minimum atomic E-state index is -0.833. The Labute approximate surface area is 173 Å². The third-order valence-corrected chi connectivity index (χ3v) is 5.28. The summed E-state index contributed by atoms with van der Waals surface area (Å²) in [6.07, 6.45) is 1.42. The molecule has 1 aliphatic rings. The van der Waals surface area contributed by atoms with Crippen molar-refractivity contribution in [3.8, 4) is 5.75 Å². The van der Waals surface area contributed by atoms with Gasteiger partial charge in [0.25, 0.3) is 5.69 Å². The van der Waals surface area contributed by atoms with Crippen LogP contribution in [0.5, 0.6) is 5.75 Å². The Bertz CT molecular complexity index is 905. The summed E-state index contributed by atoms with van der Waals surface area (Å²) in [5.41, 5.74) is 0.908. The van der Waals surface area contributed by atoms with Gasteiger partial charge in [0.2, 0.25) is 0 Å². The molecule has 3 rings (SSSR count). The smallest absolute Gasteiger partial charge is 0.313 e. The Morgan fingerprint density at radius 3 is 2.27 bits per heavy atom. The molecular weight excluding hydrogens is 390 g/mol. The van der Waals surface area contributed by atoms with E-state index in [9.17, 15) is 19.7 Å². The van der Waals surface area contributed by atoms with Crippen LogP contribution in [0.15, 0.2) is 48.5 Å². The number of rotatable bonds is 6. The first-order chi connectivity index (χ1) is 14.4. The van der Waals surface area contributed by atoms with Gasteiger partial charge in [0, 0.05) is 43.0 Å². The van der Waals surface area contributed by atoms with Crippen LogP contribution in [0.3, 0.4) is 0 Å². The number of nitrogens with zero attached hydrogens (tertiary/aromatic N) is 1. The van der Waals surface area contributed by atoms with Crippen molar-refractivity contribution in [1.29, 1.82) is 0 Å². The number of nitro benzene ring substituents is 1. The standard InChI is InChI=1S/C21H23N3O6/c1-29-18-8-2-15(3-9-18)21(10-12-30-13-11-21)14-22-19(25)20(26)23-16-4-6-17(7-5-16)24(27)28/h2-9H,10-14H2,1H3,(H,22,25)(H,23,26). The van der Waals surface area contributed by atoms with Crippen molar-refractivity contribution < 1.29 is 24.0 Å². The van der Waals surface area contributed by atoms with E-state index in [1.165, 1.54) is 24.3 Å². The highest BCUT2D eigenvalue weighted by atomic mass is 16.6. The van der Waals surface area contributed by atoms with Gasteiger partial charge in [-0.1, -0.05) is 12.1 Å². The van der Waals surface area contributed by atoms with Crippen LogP contribution in [0.2, 0.25) is 0 Å². The van der Waals surface area contributed by atoms with E-state index in [4.69, 9.17) is 9.47 Å². The number of ether oxygens (including phenoxy) is 2. The second-order valence-corrected chi connectivity index (χ2v) is 7.06. The predicted octanol–water partition coefficient (Wildman–Crippen LogP) is 2.41. The first-order valence-electron chi connectivity index (χ1n) is 9.49. The van der Waals surface area contributed by atoms with E-state index in [2.05, 4.69) is 10.6 Å². The lowest BCUT2D eigenvalue weighted by atomic mass is 9.74. The number of methoxy groups -OCH3 is 1. The van der Waals surface area contributed by atoms with E-state index in [0.717, 1.165) is 11.3 Å². The fourth-order valence-corrected chi connectivity index (χ4v) is 3.46. The maximum atomic E-state index is 12.4. The highest BCUT2D eigenvalue weighted by Gasteiger charge is 2.35. The zero-order valence-corrected chi connectivity index (χ0v) is 16.6. The molecule has 2 aromatic rings. The summed E-state index contributed by atoms with van der Waals surface area (Å²) in [4.78, 5) is 34.7. The Hall–Kier alpha value is -3.46. The summed E-state index contributed by atoms with van der Waals surface area (Å²) in [5.74, 6) is -0.860. The normalized spacial score (nSPS) is 15.1. The molecule has 0 aromatic heterocycles. The highest BCUT2D eigenvalue weighted by molar-refractivity contribution is 6.39. The van der Waals surface area contributed by atoms with E-state index in [1.807, 2.05) is 24.3 Å². The average molecular weight is 413 g/mol. The summed E-state index contributed by atoms with van der Waals surface area (Å²) < 4.78 is 10.7. The SMILES string of the molecule is COc1ccc(C2(CNC(=O)C(=O)Nc3ccc([N+](=O)[O-])cc3)CCOCC2)cc1. The molecule has 0 radical (unpaired) electrons. The minimum absolute atomic E-state index is 0.0987. The van der Waals surface area contributed by atoms with Crippen LogP contribution in [0, 0.1) is 10.1 Å². The summed E-state index contributed by atoms with van der Waals surface area (Å²) in [6, 6.07) is 12.9. The van der Waals surface area contributed by atoms with Crippen LogP contribution >= 0.6 is 0 Å². The lowest BCUT2D eigenvalue weighted by Gasteiger charge is -2.38. The van der Waals surface area contributed by atoms with Crippen molar-refractivity contribution in [3.05, 3.63) is 64.2 Å². The number of non-ortho nitro benzene ring substituents is 1. The molecule has 1 fully saturated rings. The van der Waals surface area contributed by atoms with Crippen LogP contribution in [0.4, 0.5) is 11.4 Å². The van der Waals surface area contributed by atoms with Crippen molar-refractivity contribution in [2.45, 2.75) is 18.3 Å². The number of carbonyl (C=O) groups is 2. The second-order valence-electron chi connectivity index (χ2n) is 7.06. The maximum absolute atomic E-state index is 12.4. The van der Waals surface area contributed by atoms with Crippen LogP contribution in [-0.2, 0) is 19.7 Å². The molecule has 158 valence electrons. The number of hydrogen-bond donors (Lipinski definition) is 2. The first kappa shape index (κ1) is 21.3. The van der Waals surface area contributed by atoms with Gasteiger partial charge in [0.15, 0.2) is 0 Å². The van der Waals surface area contributed by atoms with E-state index < -0.39 is 16.7 Å². The third-order valence-electron chi connectivity index (χ3n) is 5.28. The van der Waals surface area contributed by atoms with Crippen molar-refractivity contribution in [3.63, 3.8) is 0 Å². The van der Waals surface area contributed by atoms with Crippen LogP contribution in [0.1, 0.15) is 18.4 Å². The molecule has 2 amide bonds. The van der Waals surface area contributed by atoms with Gasteiger partial charge in [-0.15, -0.1) is 0 Å². The van der Waals surface area contributed by atoms with E-state index in [0.29, 0.717) is 31.7 Å². The summed E-state index contributed by atoms with van der Waals surface area (Å²) in [5, 5.41) is 15.9. The molecule has 9 heteroatoms. The highest BCUT2D eigenvalue weighted by Crippen LogP contribution is 2.35. The second kappa shape index (κ2) is 9.36. The van der Waals surface area contributed by atoms with Crippen LogP contribution < -0.4 is 15.4 Å². The number of hydrogen-bond acceptors (Lipinski definition) is 6. The summed E-state index contributed by atoms with van der Waals surface area (Å²) in [7, 11) is 1.60. The quantitative estimate of drug-likeness (QED) is 0.426. The van der Waals surface area contributed by atoms with Crippen molar-refractivity contribution in [2.75, 3.05) is 32.2 Å².